The van der Waals surface area contributed by atoms with Gasteiger partial charge in [-0.25, -0.2) is 0 Å². The Morgan fingerprint density at radius 1 is 1.37 bits per heavy atom. The first-order valence-electron chi connectivity index (χ1n) is 6.20. The maximum Gasteiger partial charge on any atom is 0.157 e. The standard InChI is InChI=1S/C15H17N3O/c1-15(2)7-11(6-12(19)8-15)18-14-5-10(9-16)3-4-13(14)17/h3-6,18H,7-8,17H2,1-2H3. The van der Waals surface area contributed by atoms with Gasteiger partial charge in [0.15, 0.2) is 5.78 Å². The molecule has 0 amide bonds. The number of ketones is 1. The van der Waals surface area contributed by atoms with E-state index in [0.29, 0.717) is 23.4 Å². The molecule has 2 rings (SSSR count). The molecular weight excluding hydrogens is 238 g/mol. The summed E-state index contributed by atoms with van der Waals surface area (Å²) in [6.45, 7) is 4.13. The highest BCUT2D eigenvalue weighted by Crippen LogP contribution is 2.34. The summed E-state index contributed by atoms with van der Waals surface area (Å²) in [7, 11) is 0. The molecule has 1 aliphatic rings. The average molecular weight is 255 g/mol. The molecule has 3 N–H and O–H groups in total. The topological polar surface area (TPSA) is 78.9 Å². The van der Waals surface area contributed by atoms with Crippen molar-refractivity contribution in [2.75, 3.05) is 11.1 Å². The fourth-order valence-corrected chi connectivity index (χ4v) is 2.33. The number of hydrogen-bond acceptors (Lipinski definition) is 4. The summed E-state index contributed by atoms with van der Waals surface area (Å²) < 4.78 is 0. The Labute approximate surface area is 112 Å². The van der Waals surface area contributed by atoms with Crippen LogP contribution in [0.4, 0.5) is 11.4 Å². The summed E-state index contributed by atoms with van der Waals surface area (Å²) in [4.78, 5) is 11.7. The number of nitriles is 1. The van der Waals surface area contributed by atoms with Crippen LogP contribution in [0.15, 0.2) is 30.0 Å². The van der Waals surface area contributed by atoms with Gasteiger partial charge >= 0.3 is 0 Å². The molecule has 0 heterocycles. The van der Waals surface area contributed by atoms with Crippen molar-refractivity contribution >= 4 is 17.2 Å². The molecule has 0 aromatic heterocycles. The van der Waals surface area contributed by atoms with E-state index in [1.165, 1.54) is 0 Å². The molecule has 0 bridgehead atoms. The second-order valence-electron chi connectivity index (χ2n) is 5.69. The Morgan fingerprint density at radius 2 is 2.11 bits per heavy atom. The summed E-state index contributed by atoms with van der Waals surface area (Å²) in [5.41, 5.74) is 8.47. The van der Waals surface area contributed by atoms with Crippen molar-refractivity contribution in [2.45, 2.75) is 26.7 Å². The molecule has 0 spiro atoms. The Balaban J connectivity index is 2.27. The summed E-state index contributed by atoms with van der Waals surface area (Å²) in [5, 5.41) is 12.1. The molecule has 0 aliphatic heterocycles. The molecule has 0 fully saturated rings. The van der Waals surface area contributed by atoms with Crippen molar-refractivity contribution in [3.8, 4) is 6.07 Å². The van der Waals surface area contributed by atoms with E-state index in [2.05, 4.69) is 25.2 Å². The number of nitrogens with one attached hydrogen (secondary N) is 1. The molecule has 19 heavy (non-hydrogen) atoms. The Morgan fingerprint density at radius 3 is 2.74 bits per heavy atom. The predicted octanol–water partition coefficient (Wildman–Crippen LogP) is 2.83. The van der Waals surface area contributed by atoms with Crippen LogP contribution in [0.1, 0.15) is 32.3 Å². The van der Waals surface area contributed by atoms with Crippen molar-refractivity contribution in [3.05, 3.63) is 35.5 Å². The van der Waals surface area contributed by atoms with Crippen molar-refractivity contribution in [1.29, 1.82) is 5.26 Å². The van der Waals surface area contributed by atoms with Gasteiger partial charge in [-0.3, -0.25) is 4.79 Å². The van der Waals surface area contributed by atoms with Crippen LogP contribution in [-0.2, 0) is 4.79 Å². The first-order chi connectivity index (χ1) is 8.89. The SMILES string of the molecule is CC1(C)CC(=O)C=C(Nc2cc(C#N)ccc2N)C1. The van der Waals surface area contributed by atoms with E-state index in [4.69, 9.17) is 11.0 Å². The van der Waals surface area contributed by atoms with Crippen molar-refractivity contribution in [1.82, 2.24) is 0 Å². The fourth-order valence-electron chi connectivity index (χ4n) is 2.33. The van der Waals surface area contributed by atoms with Crippen LogP contribution in [-0.4, -0.2) is 5.78 Å². The van der Waals surface area contributed by atoms with Crippen LogP contribution < -0.4 is 11.1 Å². The van der Waals surface area contributed by atoms with Gasteiger partial charge < -0.3 is 11.1 Å². The van der Waals surface area contributed by atoms with Crippen LogP contribution in [0.3, 0.4) is 0 Å². The number of allylic oxidation sites excluding steroid dienone is 2. The zero-order chi connectivity index (χ0) is 14.0. The third-order valence-corrected chi connectivity index (χ3v) is 3.13. The molecule has 4 nitrogen and oxygen atoms in total. The predicted molar refractivity (Wildman–Crippen MR) is 75.3 cm³/mol. The zero-order valence-electron chi connectivity index (χ0n) is 11.2. The summed E-state index contributed by atoms with van der Waals surface area (Å²) in [6, 6.07) is 7.13. The van der Waals surface area contributed by atoms with Gasteiger partial charge in [0, 0.05) is 18.2 Å². The molecule has 0 saturated carbocycles. The molecule has 0 atom stereocenters. The molecule has 1 aromatic carbocycles. The normalized spacial score (nSPS) is 17.5. The smallest absolute Gasteiger partial charge is 0.157 e. The molecule has 98 valence electrons. The number of carbonyl (C=O) groups is 1. The number of nitrogens with two attached hydrogens (primary N) is 1. The van der Waals surface area contributed by atoms with Crippen LogP contribution in [0.2, 0.25) is 0 Å². The third kappa shape index (κ3) is 3.14. The number of nitrogen functional groups attached to an aromatic ring is 1. The second-order valence-corrected chi connectivity index (χ2v) is 5.69. The maximum absolute atomic E-state index is 11.7. The number of carbonyl (C=O) groups excluding carboxylic acids is 1. The zero-order valence-corrected chi connectivity index (χ0v) is 11.2. The van der Waals surface area contributed by atoms with Crippen molar-refractivity contribution < 1.29 is 4.79 Å². The molecule has 1 aliphatic carbocycles. The van der Waals surface area contributed by atoms with E-state index >= 15 is 0 Å². The number of hydrogen-bond donors (Lipinski definition) is 2. The number of nitrogens with zero attached hydrogens (tertiary/aromatic N) is 1. The van der Waals surface area contributed by atoms with Gasteiger partial charge in [-0.1, -0.05) is 13.8 Å². The van der Waals surface area contributed by atoms with Gasteiger partial charge in [0.05, 0.1) is 23.0 Å². The highest BCUT2D eigenvalue weighted by molar-refractivity contribution is 5.92. The van der Waals surface area contributed by atoms with E-state index in [1.807, 2.05) is 0 Å². The van der Waals surface area contributed by atoms with Crippen LogP contribution in [0, 0.1) is 16.7 Å². The van der Waals surface area contributed by atoms with Gasteiger partial charge in [-0.05, 0) is 30.0 Å². The lowest BCUT2D eigenvalue weighted by atomic mass is 9.79. The third-order valence-electron chi connectivity index (χ3n) is 3.13. The van der Waals surface area contributed by atoms with E-state index in [1.54, 1.807) is 24.3 Å². The first-order valence-corrected chi connectivity index (χ1v) is 6.20. The van der Waals surface area contributed by atoms with Gasteiger partial charge in [-0.15, -0.1) is 0 Å². The number of rotatable bonds is 2. The molecule has 4 heteroatoms. The minimum atomic E-state index is -0.0459. The Kier molecular flexibility index (Phi) is 3.30. The minimum absolute atomic E-state index is 0.0459. The van der Waals surface area contributed by atoms with Gasteiger partial charge in [0.25, 0.3) is 0 Å². The van der Waals surface area contributed by atoms with Crippen molar-refractivity contribution in [3.63, 3.8) is 0 Å². The van der Waals surface area contributed by atoms with E-state index in [9.17, 15) is 4.79 Å². The molecule has 0 radical (unpaired) electrons. The van der Waals surface area contributed by atoms with E-state index in [-0.39, 0.29) is 11.2 Å². The highest BCUT2D eigenvalue weighted by Gasteiger charge is 2.27. The largest absolute Gasteiger partial charge is 0.397 e. The van der Waals surface area contributed by atoms with E-state index < -0.39 is 0 Å². The molecular formula is C15H17N3O. The Bertz CT molecular complexity index is 594. The lowest BCUT2D eigenvalue weighted by Crippen LogP contribution is -2.24. The monoisotopic (exact) mass is 255 g/mol. The van der Waals surface area contributed by atoms with Crippen LogP contribution in [0.5, 0.6) is 0 Å². The maximum atomic E-state index is 11.7. The minimum Gasteiger partial charge on any atom is -0.397 e. The summed E-state index contributed by atoms with van der Waals surface area (Å²) in [5.74, 6) is 0.119. The van der Waals surface area contributed by atoms with Crippen LogP contribution >= 0.6 is 0 Å². The summed E-state index contributed by atoms with van der Waals surface area (Å²) in [6.07, 6.45) is 2.98. The number of benzene rings is 1. The quantitative estimate of drug-likeness (QED) is 0.796. The van der Waals surface area contributed by atoms with Gasteiger partial charge in [0.1, 0.15) is 0 Å². The summed E-state index contributed by atoms with van der Waals surface area (Å²) >= 11 is 0. The van der Waals surface area contributed by atoms with Crippen LogP contribution in [0.25, 0.3) is 0 Å². The average Bonchev–Trinajstić information content (AvgIpc) is 2.29. The second kappa shape index (κ2) is 4.77. The van der Waals surface area contributed by atoms with Gasteiger partial charge in [-0.2, -0.15) is 5.26 Å². The highest BCUT2D eigenvalue weighted by atomic mass is 16.1. The molecule has 1 aromatic rings. The number of anilines is 2. The van der Waals surface area contributed by atoms with Gasteiger partial charge in [0.2, 0.25) is 0 Å². The van der Waals surface area contributed by atoms with Crippen molar-refractivity contribution in [2.24, 2.45) is 5.41 Å². The lowest BCUT2D eigenvalue weighted by molar-refractivity contribution is -0.117. The molecule has 0 saturated heterocycles. The Hall–Kier alpha value is -2.28. The fraction of sp³-hybridized carbons (Fsp3) is 0.333. The van der Waals surface area contributed by atoms with E-state index in [0.717, 1.165) is 12.1 Å². The molecule has 0 unspecified atom stereocenters. The first kappa shape index (κ1) is 13.2. The lowest BCUT2D eigenvalue weighted by Gasteiger charge is -2.29.